The molecule has 0 bridgehead atoms. The summed E-state index contributed by atoms with van der Waals surface area (Å²) in [5.74, 6) is 0. The Morgan fingerprint density at radius 3 is 3.00 bits per heavy atom. The van der Waals surface area contributed by atoms with Gasteiger partial charge in [0, 0.05) is 24.0 Å². The van der Waals surface area contributed by atoms with Crippen LogP contribution in [0.4, 0.5) is 4.79 Å². The van der Waals surface area contributed by atoms with Crippen LogP contribution < -0.4 is 10.6 Å². The molecule has 1 saturated heterocycles. The number of halogens is 1. The van der Waals surface area contributed by atoms with Crippen LogP contribution in [0.25, 0.3) is 0 Å². The third-order valence-electron chi connectivity index (χ3n) is 1.80. The van der Waals surface area contributed by atoms with Gasteiger partial charge < -0.3 is 15.4 Å². The van der Waals surface area contributed by atoms with E-state index in [1.165, 1.54) is 7.11 Å². The van der Waals surface area contributed by atoms with Crippen molar-refractivity contribution in [2.75, 3.05) is 20.2 Å². The lowest BCUT2D eigenvalue weighted by atomic mass is 10.1. The summed E-state index contributed by atoms with van der Waals surface area (Å²) < 4.78 is 4.50. The van der Waals surface area contributed by atoms with Crippen molar-refractivity contribution in [1.29, 1.82) is 0 Å². The molecule has 1 amide bonds. The highest BCUT2D eigenvalue weighted by Gasteiger charge is 2.20. The number of piperidine rings is 1. The predicted molar refractivity (Wildman–Crippen MR) is 49.5 cm³/mol. The van der Waals surface area contributed by atoms with Gasteiger partial charge in [-0.3, -0.25) is 0 Å². The molecule has 1 aliphatic rings. The largest absolute Gasteiger partial charge is 0.453 e. The third-order valence-corrected chi connectivity index (χ3v) is 2.50. The van der Waals surface area contributed by atoms with E-state index in [1.807, 2.05) is 0 Å². The number of hydrogen-bond acceptors (Lipinski definition) is 3. The van der Waals surface area contributed by atoms with Gasteiger partial charge >= 0.3 is 6.09 Å². The maximum Gasteiger partial charge on any atom is 0.407 e. The van der Waals surface area contributed by atoms with Crippen LogP contribution in [-0.4, -0.2) is 37.2 Å². The number of carbonyl (C=O) groups is 1. The SMILES string of the molecule is COC(=O)NC1CNCC(Br)C1. The van der Waals surface area contributed by atoms with Crippen molar-refractivity contribution in [2.24, 2.45) is 0 Å². The van der Waals surface area contributed by atoms with Crippen molar-refractivity contribution in [3.8, 4) is 0 Å². The lowest BCUT2D eigenvalue weighted by Gasteiger charge is -2.26. The van der Waals surface area contributed by atoms with Gasteiger partial charge in [-0.25, -0.2) is 4.79 Å². The zero-order chi connectivity index (χ0) is 8.97. The molecule has 1 aliphatic heterocycles. The molecule has 2 N–H and O–H groups in total. The zero-order valence-electron chi connectivity index (χ0n) is 6.97. The number of ether oxygens (including phenoxy) is 1. The first-order valence-electron chi connectivity index (χ1n) is 3.91. The molecule has 0 spiro atoms. The molecule has 2 unspecified atom stereocenters. The number of nitrogens with one attached hydrogen (secondary N) is 2. The van der Waals surface area contributed by atoms with Crippen LogP contribution in [0.5, 0.6) is 0 Å². The summed E-state index contributed by atoms with van der Waals surface area (Å²) in [6.45, 7) is 1.77. The number of rotatable bonds is 1. The highest BCUT2D eigenvalue weighted by Crippen LogP contribution is 2.11. The lowest BCUT2D eigenvalue weighted by molar-refractivity contribution is 0.164. The Hall–Kier alpha value is -0.290. The van der Waals surface area contributed by atoms with Crippen LogP contribution in [0.1, 0.15) is 6.42 Å². The molecule has 0 radical (unpaired) electrons. The van der Waals surface area contributed by atoms with Crippen molar-refractivity contribution in [2.45, 2.75) is 17.3 Å². The first-order chi connectivity index (χ1) is 5.72. The molecule has 0 aromatic heterocycles. The fourth-order valence-corrected chi connectivity index (χ4v) is 1.91. The van der Waals surface area contributed by atoms with Crippen LogP contribution >= 0.6 is 15.9 Å². The minimum Gasteiger partial charge on any atom is -0.453 e. The Labute approximate surface area is 80.2 Å². The van der Waals surface area contributed by atoms with Gasteiger partial charge in [0.05, 0.1) is 7.11 Å². The summed E-state index contributed by atoms with van der Waals surface area (Å²) in [6, 6.07) is 0.176. The van der Waals surface area contributed by atoms with E-state index in [9.17, 15) is 4.79 Å². The fraction of sp³-hybridized carbons (Fsp3) is 0.857. The van der Waals surface area contributed by atoms with Gasteiger partial charge in [-0.1, -0.05) is 15.9 Å². The summed E-state index contributed by atoms with van der Waals surface area (Å²) in [7, 11) is 1.37. The van der Waals surface area contributed by atoms with E-state index in [0.717, 1.165) is 19.5 Å². The van der Waals surface area contributed by atoms with Gasteiger partial charge in [-0.15, -0.1) is 0 Å². The highest BCUT2D eigenvalue weighted by molar-refractivity contribution is 9.09. The highest BCUT2D eigenvalue weighted by atomic mass is 79.9. The van der Waals surface area contributed by atoms with Gasteiger partial charge in [-0.05, 0) is 6.42 Å². The molecule has 1 rings (SSSR count). The Morgan fingerprint density at radius 1 is 1.67 bits per heavy atom. The summed E-state index contributed by atoms with van der Waals surface area (Å²) in [5.41, 5.74) is 0. The number of carbonyl (C=O) groups excluding carboxylic acids is 1. The molecule has 1 fully saturated rings. The van der Waals surface area contributed by atoms with E-state index < -0.39 is 0 Å². The van der Waals surface area contributed by atoms with Gasteiger partial charge in [-0.2, -0.15) is 0 Å². The van der Waals surface area contributed by atoms with Crippen LogP contribution in [-0.2, 0) is 4.74 Å². The quantitative estimate of drug-likeness (QED) is 0.652. The molecule has 0 aliphatic carbocycles. The van der Waals surface area contributed by atoms with Gasteiger partial charge in [0.25, 0.3) is 0 Å². The van der Waals surface area contributed by atoms with Gasteiger partial charge in [0.2, 0.25) is 0 Å². The van der Waals surface area contributed by atoms with E-state index >= 15 is 0 Å². The summed E-state index contributed by atoms with van der Waals surface area (Å²) in [5, 5.41) is 5.94. The van der Waals surface area contributed by atoms with Crippen molar-refractivity contribution < 1.29 is 9.53 Å². The molecule has 0 aromatic carbocycles. The van der Waals surface area contributed by atoms with Crippen molar-refractivity contribution >= 4 is 22.0 Å². The third kappa shape index (κ3) is 2.98. The normalized spacial score (nSPS) is 29.5. The molecular weight excluding hydrogens is 224 g/mol. The zero-order valence-corrected chi connectivity index (χ0v) is 8.56. The molecular formula is C7H13BrN2O2. The Kier molecular flexibility index (Phi) is 3.81. The molecule has 0 saturated carbocycles. The smallest absolute Gasteiger partial charge is 0.407 e. The van der Waals surface area contributed by atoms with Crippen LogP contribution in [0, 0.1) is 0 Å². The monoisotopic (exact) mass is 236 g/mol. The summed E-state index contributed by atoms with van der Waals surface area (Å²) in [6.07, 6.45) is 0.589. The first kappa shape index (κ1) is 9.80. The molecule has 5 heteroatoms. The first-order valence-corrected chi connectivity index (χ1v) is 4.83. The molecule has 2 atom stereocenters. The van der Waals surface area contributed by atoms with E-state index in [4.69, 9.17) is 0 Å². The van der Waals surface area contributed by atoms with Gasteiger partial charge in [0.15, 0.2) is 0 Å². The second-order valence-electron chi connectivity index (χ2n) is 2.82. The molecule has 0 aromatic rings. The second kappa shape index (κ2) is 4.67. The lowest BCUT2D eigenvalue weighted by Crippen LogP contribution is -2.49. The van der Waals surface area contributed by atoms with Crippen molar-refractivity contribution in [1.82, 2.24) is 10.6 Å². The number of methoxy groups -OCH3 is 1. The van der Waals surface area contributed by atoms with Gasteiger partial charge in [0.1, 0.15) is 0 Å². The van der Waals surface area contributed by atoms with E-state index in [2.05, 4.69) is 31.3 Å². The van der Waals surface area contributed by atoms with Crippen LogP contribution in [0.15, 0.2) is 0 Å². The topological polar surface area (TPSA) is 50.4 Å². The molecule has 4 nitrogen and oxygen atoms in total. The van der Waals surface area contributed by atoms with Crippen LogP contribution in [0.2, 0.25) is 0 Å². The number of amides is 1. The fourth-order valence-electron chi connectivity index (χ4n) is 1.23. The number of alkyl carbamates (subject to hydrolysis) is 1. The van der Waals surface area contributed by atoms with Crippen LogP contribution in [0.3, 0.4) is 0 Å². The molecule has 1 heterocycles. The van der Waals surface area contributed by atoms with Crippen molar-refractivity contribution in [3.63, 3.8) is 0 Å². The Bertz CT molecular complexity index is 165. The number of alkyl halides is 1. The maximum atomic E-state index is 10.8. The average Bonchev–Trinajstić information content (AvgIpc) is 2.04. The Balaban J connectivity index is 2.27. The standard InChI is InChI=1S/C7H13BrN2O2/c1-12-7(11)10-6-2-5(8)3-9-4-6/h5-6,9H,2-4H2,1H3,(H,10,11). The van der Waals surface area contributed by atoms with E-state index in [0.29, 0.717) is 4.83 Å². The summed E-state index contributed by atoms with van der Waals surface area (Å²) in [4.78, 5) is 11.2. The minimum atomic E-state index is -0.358. The average molecular weight is 237 g/mol. The Morgan fingerprint density at radius 2 is 2.42 bits per heavy atom. The van der Waals surface area contributed by atoms with E-state index in [1.54, 1.807) is 0 Å². The second-order valence-corrected chi connectivity index (χ2v) is 4.12. The van der Waals surface area contributed by atoms with E-state index in [-0.39, 0.29) is 12.1 Å². The molecule has 12 heavy (non-hydrogen) atoms. The molecule has 70 valence electrons. The predicted octanol–water partition coefficient (Wildman–Crippen LogP) is 0.468. The number of hydrogen-bond donors (Lipinski definition) is 2. The minimum absolute atomic E-state index is 0.176. The maximum absolute atomic E-state index is 10.8. The summed E-state index contributed by atoms with van der Waals surface area (Å²) >= 11 is 3.49. The van der Waals surface area contributed by atoms with Crippen molar-refractivity contribution in [3.05, 3.63) is 0 Å².